The molecule has 114 valence electrons. The van der Waals surface area contributed by atoms with Crippen molar-refractivity contribution in [1.82, 2.24) is 4.90 Å². The van der Waals surface area contributed by atoms with E-state index in [0.717, 1.165) is 0 Å². The monoisotopic (exact) mass is 312 g/mol. The quantitative estimate of drug-likeness (QED) is 0.865. The van der Waals surface area contributed by atoms with Crippen LogP contribution >= 0.6 is 11.3 Å². The van der Waals surface area contributed by atoms with Crippen molar-refractivity contribution in [2.45, 2.75) is 19.4 Å². The summed E-state index contributed by atoms with van der Waals surface area (Å²) in [7, 11) is 0. The van der Waals surface area contributed by atoms with Gasteiger partial charge in [-0.05, 0) is 12.1 Å². The second kappa shape index (κ2) is 6.68. The maximum Gasteiger partial charge on any atom is 0.306 e. The first-order valence-electron chi connectivity index (χ1n) is 6.46. The first-order chi connectivity index (χ1) is 9.95. The molecule has 1 aliphatic rings. The van der Waals surface area contributed by atoms with Gasteiger partial charge in [0.2, 0.25) is 5.91 Å². The van der Waals surface area contributed by atoms with Crippen molar-refractivity contribution in [2.24, 2.45) is 0 Å². The molecule has 1 fully saturated rings. The Kier molecular flexibility index (Phi) is 4.92. The maximum absolute atomic E-state index is 12.4. The predicted molar refractivity (Wildman–Crippen MR) is 76.5 cm³/mol. The number of carbonyl (C=O) groups excluding carboxylic acids is 2. The van der Waals surface area contributed by atoms with Gasteiger partial charge >= 0.3 is 5.97 Å². The van der Waals surface area contributed by atoms with E-state index in [2.05, 4.69) is 5.32 Å². The highest BCUT2D eigenvalue weighted by molar-refractivity contribution is 7.18. The minimum absolute atomic E-state index is 0.120. The number of carboxylic acid groups (broad SMARTS) is 1. The highest BCUT2D eigenvalue weighted by Crippen LogP contribution is 2.24. The van der Waals surface area contributed by atoms with E-state index >= 15 is 0 Å². The molecule has 0 saturated carbocycles. The number of ether oxygens (including phenoxy) is 1. The molecular formula is C13H16N2O5S. The molecule has 1 atom stereocenters. The van der Waals surface area contributed by atoms with Crippen LogP contribution < -0.4 is 5.32 Å². The zero-order valence-corrected chi connectivity index (χ0v) is 12.3. The Hall–Kier alpha value is -1.93. The molecule has 21 heavy (non-hydrogen) atoms. The van der Waals surface area contributed by atoms with Gasteiger partial charge < -0.3 is 20.1 Å². The van der Waals surface area contributed by atoms with Crippen molar-refractivity contribution < 1.29 is 24.2 Å². The summed E-state index contributed by atoms with van der Waals surface area (Å²) in [6.45, 7) is 2.42. The van der Waals surface area contributed by atoms with E-state index in [1.807, 2.05) is 0 Å². The summed E-state index contributed by atoms with van der Waals surface area (Å²) in [4.78, 5) is 36.1. The highest BCUT2D eigenvalue weighted by atomic mass is 32.1. The van der Waals surface area contributed by atoms with Gasteiger partial charge in [0.25, 0.3) is 5.91 Å². The van der Waals surface area contributed by atoms with Gasteiger partial charge in [0.1, 0.15) is 0 Å². The first-order valence-corrected chi connectivity index (χ1v) is 7.27. The summed E-state index contributed by atoms with van der Waals surface area (Å²) in [5, 5.41) is 12.0. The van der Waals surface area contributed by atoms with Crippen LogP contribution in [0.5, 0.6) is 0 Å². The molecule has 1 aromatic heterocycles. The molecule has 8 heteroatoms. The molecule has 1 saturated heterocycles. The lowest BCUT2D eigenvalue weighted by molar-refractivity contribution is -0.141. The topological polar surface area (TPSA) is 95.9 Å². The van der Waals surface area contributed by atoms with E-state index in [4.69, 9.17) is 9.84 Å². The summed E-state index contributed by atoms with van der Waals surface area (Å²) in [5.74, 6) is -1.31. The second-order valence-electron chi connectivity index (χ2n) is 4.69. The maximum atomic E-state index is 12.4. The molecule has 0 aliphatic carbocycles. The normalized spacial score (nSPS) is 18.3. The Bertz CT molecular complexity index is 557. The minimum Gasteiger partial charge on any atom is -0.481 e. The Morgan fingerprint density at radius 2 is 2.24 bits per heavy atom. The van der Waals surface area contributed by atoms with Gasteiger partial charge in [-0.1, -0.05) is 0 Å². The lowest BCUT2D eigenvalue weighted by Gasteiger charge is -2.32. The smallest absolute Gasteiger partial charge is 0.306 e. The van der Waals surface area contributed by atoms with Gasteiger partial charge in [-0.2, -0.15) is 0 Å². The molecule has 0 spiro atoms. The SMILES string of the molecule is CC(=O)Nc1ccc(C(=O)N2CCOC(CC(=O)O)C2)s1. The van der Waals surface area contributed by atoms with Gasteiger partial charge in [-0.15, -0.1) is 11.3 Å². The van der Waals surface area contributed by atoms with Crippen LogP contribution in [0, 0.1) is 0 Å². The number of nitrogens with zero attached hydrogens (tertiary/aromatic N) is 1. The third-order valence-corrected chi connectivity index (χ3v) is 3.93. The van der Waals surface area contributed by atoms with Crippen molar-refractivity contribution >= 4 is 34.1 Å². The number of amides is 2. The Morgan fingerprint density at radius 1 is 1.48 bits per heavy atom. The van der Waals surface area contributed by atoms with Crippen LogP contribution in [0.4, 0.5) is 5.00 Å². The highest BCUT2D eigenvalue weighted by Gasteiger charge is 2.27. The van der Waals surface area contributed by atoms with Gasteiger partial charge in [0.15, 0.2) is 0 Å². The number of nitrogens with one attached hydrogen (secondary N) is 1. The van der Waals surface area contributed by atoms with Gasteiger partial charge in [-0.3, -0.25) is 14.4 Å². The standard InChI is InChI=1S/C13H16N2O5S/c1-8(16)14-11-3-2-10(21-11)13(19)15-4-5-20-9(7-15)6-12(17)18/h2-3,9H,4-7H2,1H3,(H,14,16)(H,17,18). The van der Waals surface area contributed by atoms with E-state index in [0.29, 0.717) is 23.0 Å². The Morgan fingerprint density at radius 3 is 2.90 bits per heavy atom. The molecule has 1 aliphatic heterocycles. The summed E-state index contributed by atoms with van der Waals surface area (Å²) in [6, 6.07) is 3.33. The van der Waals surface area contributed by atoms with Crippen LogP contribution in [0.3, 0.4) is 0 Å². The van der Waals surface area contributed by atoms with Crippen LogP contribution in [-0.4, -0.2) is 53.6 Å². The van der Waals surface area contributed by atoms with Crippen LogP contribution in [0.15, 0.2) is 12.1 Å². The van der Waals surface area contributed by atoms with Crippen molar-refractivity contribution in [3.63, 3.8) is 0 Å². The molecule has 0 bridgehead atoms. The summed E-state index contributed by atoms with van der Waals surface area (Å²) in [5.41, 5.74) is 0. The number of anilines is 1. The molecule has 2 N–H and O–H groups in total. The number of morpholine rings is 1. The molecule has 2 rings (SSSR count). The van der Waals surface area contributed by atoms with Crippen molar-refractivity contribution in [2.75, 3.05) is 25.0 Å². The molecule has 0 aromatic carbocycles. The van der Waals surface area contributed by atoms with E-state index < -0.39 is 12.1 Å². The first kappa shape index (κ1) is 15.5. The fourth-order valence-corrected chi connectivity index (χ4v) is 2.99. The van der Waals surface area contributed by atoms with Gasteiger partial charge in [0.05, 0.1) is 29.0 Å². The largest absolute Gasteiger partial charge is 0.481 e. The fourth-order valence-electron chi connectivity index (χ4n) is 2.07. The average Bonchev–Trinajstić information content (AvgIpc) is 2.85. The molecule has 0 radical (unpaired) electrons. The van der Waals surface area contributed by atoms with E-state index in [-0.39, 0.29) is 24.8 Å². The third kappa shape index (κ3) is 4.27. The van der Waals surface area contributed by atoms with Gasteiger partial charge in [-0.25, -0.2) is 0 Å². The average molecular weight is 312 g/mol. The van der Waals surface area contributed by atoms with Crippen LogP contribution in [0.2, 0.25) is 0 Å². The number of carboxylic acids is 1. The molecule has 7 nitrogen and oxygen atoms in total. The zero-order valence-electron chi connectivity index (χ0n) is 11.5. The summed E-state index contributed by atoms with van der Waals surface area (Å²) >= 11 is 1.20. The van der Waals surface area contributed by atoms with Crippen LogP contribution in [-0.2, 0) is 14.3 Å². The number of thiophene rings is 1. The molecule has 1 aromatic rings. The van der Waals surface area contributed by atoms with Crippen molar-refractivity contribution in [3.8, 4) is 0 Å². The van der Waals surface area contributed by atoms with Crippen molar-refractivity contribution in [1.29, 1.82) is 0 Å². The zero-order chi connectivity index (χ0) is 15.4. The number of rotatable bonds is 4. The fraction of sp³-hybridized carbons (Fsp3) is 0.462. The van der Waals surface area contributed by atoms with Gasteiger partial charge in [0, 0.05) is 20.0 Å². The number of aliphatic carboxylic acids is 1. The van der Waals surface area contributed by atoms with Crippen LogP contribution in [0.1, 0.15) is 23.0 Å². The summed E-state index contributed by atoms with van der Waals surface area (Å²) < 4.78 is 5.33. The van der Waals surface area contributed by atoms with E-state index in [1.165, 1.54) is 18.3 Å². The summed E-state index contributed by atoms with van der Waals surface area (Å²) in [6.07, 6.45) is -0.597. The third-order valence-electron chi connectivity index (χ3n) is 2.94. The lowest BCUT2D eigenvalue weighted by atomic mass is 10.2. The number of carbonyl (C=O) groups is 3. The van der Waals surface area contributed by atoms with E-state index in [9.17, 15) is 14.4 Å². The minimum atomic E-state index is -0.946. The molecular weight excluding hydrogens is 296 g/mol. The predicted octanol–water partition coefficient (Wildman–Crippen LogP) is 1.02. The molecule has 2 heterocycles. The molecule has 2 amide bonds. The van der Waals surface area contributed by atoms with E-state index in [1.54, 1.807) is 17.0 Å². The number of hydrogen-bond donors (Lipinski definition) is 2. The molecule has 1 unspecified atom stereocenters. The Labute approximate surface area is 125 Å². The van der Waals surface area contributed by atoms with Crippen molar-refractivity contribution in [3.05, 3.63) is 17.0 Å². The lowest BCUT2D eigenvalue weighted by Crippen LogP contribution is -2.46. The number of hydrogen-bond acceptors (Lipinski definition) is 5. The van der Waals surface area contributed by atoms with Crippen LogP contribution in [0.25, 0.3) is 0 Å². The Balaban J connectivity index is 2.00. The second-order valence-corrected chi connectivity index (χ2v) is 5.77.